The summed E-state index contributed by atoms with van der Waals surface area (Å²) in [5, 5.41) is 5.04. The summed E-state index contributed by atoms with van der Waals surface area (Å²) in [6.07, 6.45) is 0.811. The van der Waals surface area contributed by atoms with Gasteiger partial charge in [-0.1, -0.05) is 6.07 Å². The van der Waals surface area contributed by atoms with Crippen LogP contribution < -0.4 is 10.9 Å². The van der Waals surface area contributed by atoms with Crippen molar-refractivity contribution in [2.75, 3.05) is 11.9 Å². The molecule has 1 unspecified atom stereocenters. The number of carbonyl (C=O) groups excluding carboxylic acids is 1. The summed E-state index contributed by atoms with van der Waals surface area (Å²) in [6.45, 7) is 3.73. The van der Waals surface area contributed by atoms with Crippen molar-refractivity contribution >= 4 is 23.2 Å². The number of ether oxygens (including phenoxy) is 2. The number of pyridine rings is 1. The van der Waals surface area contributed by atoms with Crippen LogP contribution in [0.2, 0.25) is 0 Å². The van der Waals surface area contributed by atoms with Crippen LogP contribution in [0, 0.1) is 0 Å². The van der Waals surface area contributed by atoms with E-state index in [9.17, 15) is 9.59 Å². The standard InChI is InChI=1S/C16H16N2O4S/c1-3-21-16(20)22-14-9(2)18-10-6-7-17-15(19)12(10)13(14)11-5-4-8-23-11/h4-8,13,18H,3H2,1-2H3,(H,17,19). The van der Waals surface area contributed by atoms with Crippen LogP contribution in [0.4, 0.5) is 10.5 Å². The van der Waals surface area contributed by atoms with Crippen LogP contribution in [0.5, 0.6) is 0 Å². The van der Waals surface area contributed by atoms with E-state index in [4.69, 9.17) is 9.47 Å². The SMILES string of the molecule is CCOC(=O)OC1=C(C)Nc2cc[nH]c(=O)c2C1c1cccs1. The molecule has 0 saturated carbocycles. The molecule has 0 spiro atoms. The minimum Gasteiger partial charge on any atom is -0.434 e. The number of anilines is 1. The average Bonchev–Trinajstić information content (AvgIpc) is 3.03. The van der Waals surface area contributed by atoms with Gasteiger partial charge in [-0.2, -0.15) is 0 Å². The van der Waals surface area contributed by atoms with Crippen molar-refractivity contribution in [1.82, 2.24) is 4.98 Å². The van der Waals surface area contributed by atoms with Crippen LogP contribution in [0.25, 0.3) is 0 Å². The number of aromatic amines is 1. The van der Waals surface area contributed by atoms with E-state index in [1.54, 1.807) is 26.1 Å². The second kappa shape index (κ2) is 6.29. The van der Waals surface area contributed by atoms with Gasteiger partial charge in [-0.05, 0) is 31.4 Å². The lowest BCUT2D eigenvalue weighted by Crippen LogP contribution is -2.27. The van der Waals surface area contributed by atoms with Gasteiger partial charge in [0.1, 0.15) is 5.76 Å². The van der Waals surface area contributed by atoms with Crippen LogP contribution in [0.15, 0.2) is 46.0 Å². The lowest BCUT2D eigenvalue weighted by Gasteiger charge is -2.28. The van der Waals surface area contributed by atoms with Gasteiger partial charge in [-0.3, -0.25) is 4.79 Å². The first kappa shape index (κ1) is 15.4. The highest BCUT2D eigenvalue weighted by atomic mass is 32.1. The number of nitrogens with one attached hydrogen (secondary N) is 2. The maximum atomic E-state index is 12.3. The fraction of sp³-hybridized carbons (Fsp3) is 0.250. The van der Waals surface area contributed by atoms with Gasteiger partial charge in [0.2, 0.25) is 0 Å². The Morgan fingerprint density at radius 2 is 2.22 bits per heavy atom. The van der Waals surface area contributed by atoms with E-state index in [2.05, 4.69) is 10.3 Å². The van der Waals surface area contributed by atoms with Gasteiger partial charge in [-0.15, -0.1) is 11.3 Å². The first-order valence-electron chi connectivity index (χ1n) is 7.19. The molecule has 3 rings (SSSR count). The molecule has 1 atom stereocenters. The molecule has 2 aromatic heterocycles. The first-order valence-corrected chi connectivity index (χ1v) is 8.07. The molecule has 2 N–H and O–H groups in total. The van der Waals surface area contributed by atoms with Crippen molar-refractivity contribution in [2.45, 2.75) is 19.8 Å². The number of thiophene rings is 1. The summed E-state index contributed by atoms with van der Waals surface area (Å²) in [5.74, 6) is -0.0595. The third-order valence-corrected chi connectivity index (χ3v) is 4.46. The molecule has 0 aromatic carbocycles. The largest absolute Gasteiger partial charge is 0.513 e. The molecule has 0 aliphatic carbocycles. The van der Waals surface area contributed by atoms with Crippen molar-refractivity contribution in [3.8, 4) is 0 Å². The summed E-state index contributed by atoms with van der Waals surface area (Å²) in [6, 6.07) is 5.61. The molecule has 7 heteroatoms. The lowest BCUT2D eigenvalue weighted by molar-refractivity contribution is 0.0778. The zero-order chi connectivity index (χ0) is 16.4. The van der Waals surface area contributed by atoms with E-state index < -0.39 is 12.1 Å². The zero-order valence-electron chi connectivity index (χ0n) is 12.7. The molecule has 6 nitrogen and oxygen atoms in total. The molecule has 3 heterocycles. The smallest absolute Gasteiger partial charge is 0.434 e. The lowest BCUT2D eigenvalue weighted by atomic mass is 9.91. The number of H-pyrrole nitrogens is 1. The van der Waals surface area contributed by atoms with E-state index >= 15 is 0 Å². The molecule has 23 heavy (non-hydrogen) atoms. The third kappa shape index (κ3) is 2.87. The molecule has 1 aliphatic rings. The topological polar surface area (TPSA) is 80.4 Å². The monoisotopic (exact) mass is 332 g/mol. The van der Waals surface area contributed by atoms with Crippen LogP contribution >= 0.6 is 11.3 Å². The molecule has 0 radical (unpaired) electrons. The summed E-state index contributed by atoms with van der Waals surface area (Å²) < 4.78 is 10.3. The van der Waals surface area contributed by atoms with Gasteiger partial charge >= 0.3 is 6.16 Å². The van der Waals surface area contributed by atoms with E-state index in [0.29, 0.717) is 22.7 Å². The molecule has 1 aliphatic heterocycles. The van der Waals surface area contributed by atoms with Gasteiger partial charge in [-0.25, -0.2) is 4.79 Å². The number of hydrogen-bond acceptors (Lipinski definition) is 6. The Morgan fingerprint density at radius 3 is 2.91 bits per heavy atom. The predicted octanol–water partition coefficient (Wildman–Crippen LogP) is 3.40. The Balaban J connectivity index is 2.11. The van der Waals surface area contributed by atoms with Crippen molar-refractivity contribution in [3.05, 3.63) is 62.0 Å². The predicted molar refractivity (Wildman–Crippen MR) is 87.7 cm³/mol. The number of aromatic nitrogens is 1. The van der Waals surface area contributed by atoms with Crippen LogP contribution in [0.3, 0.4) is 0 Å². The van der Waals surface area contributed by atoms with Crippen LogP contribution in [-0.2, 0) is 9.47 Å². The highest BCUT2D eigenvalue weighted by molar-refractivity contribution is 7.10. The van der Waals surface area contributed by atoms with Crippen LogP contribution in [0.1, 0.15) is 30.2 Å². The summed E-state index contributed by atoms with van der Waals surface area (Å²) in [5.41, 5.74) is 1.70. The van der Waals surface area contributed by atoms with Crippen molar-refractivity contribution in [2.24, 2.45) is 0 Å². The van der Waals surface area contributed by atoms with Crippen molar-refractivity contribution < 1.29 is 14.3 Å². The van der Waals surface area contributed by atoms with E-state index in [1.807, 2.05) is 17.5 Å². The van der Waals surface area contributed by atoms with Gasteiger partial charge in [0.05, 0.1) is 23.8 Å². The molecular weight excluding hydrogens is 316 g/mol. The Labute approximate surface area is 136 Å². The number of hydrogen-bond donors (Lipinski definition) is 2. The second-order valence-corrected chi connectivity index (χ2v) is 5.96. The van der Waals surface area contributed by atoms with Gasteiger partial charge in [0.15, 0.2) is 0 Å². The molecule has 0 fully saturated rings. The van der Waals surface area contributed by atoms with Gasteiger partial charge in [0.25, 0.3) is 5.56 Å². The normalized spacial score (nSPS) is 16.5. The molecule has 0 amide bonds. The third-order valence-electron chi connectivity index (χ3n) is 3.53. The molecule has 0 saturated heterocycles. The maximum Gasteiger partial charge on any atom is 0.513 e. The Hall–Kier alpha value is -2.54. The highest BCUT2D eigenvalue weighted by Crippen LogP contribution is 2.41. The summed E-state index contributed by atoms with van der Waals surface area (Å²) >= 11 is 1.50. The Morgan fingerprint density at radius 1 is 1.39 bits per heavy atom. The zero-order valence-corrected chi connectivity index (χ0v) is 13.5. The maximum absolute atomic E-state index is 12.3. The minimum atomic E-state index is -0.777. The quantitative estimate of drug-likeness (QED) is 0.842. The Bertz CT molecular complexity index is 808. The molecular formula is C16H16N2O4S. The number of fused-ring (bicyclic) bond motifs is 1. The minimum absolute atomic E-state index is 0.217. The summed E-state index contributed by atoms with van der Waals surface area (Å²) in [4.78, 5) is 27.7. The molecule has 120 valence electrons. The number of carbonyl (C=O) groups is 1. The Kier molecular flexibility index (Phi) is 4.20. The first-order chi connectivity index (χ1) is 11.1. The highest BCUT2D eigenvalue weighted by Gasteiger charge is 2.34. The fourth-order valence-electron chi connectivity index (χ4n) is 2.60. The average molecular weight is 332 g/mol. The molecule has 2 aromatic rings. The molecule has 0 bridgehead atoms. The van der Waals surface area contributed by atoms with Crippen molar-refractivity contribution in [3.63, 3.8) is 0 Å². The number of rotatable bonds is 3. The number of allylic oxidation sites excluding steroid dienone is 2. The van der Waals surface area contributed by atoms with Gasteiger partial charge < -0.3 is 19.8 Å². The van der Waals surface area contributed by atoms with E-state index in [1.165, 1.54) is 11.3 Å². The van der Waals surface area contributed by atoms with Crippen LogP contribution in [-0.4, -0.2) is 17.7 Å². The second-order valence-electron chi connectivity index (χ2n) is 4.98. The van der Waals surface area contributed by atoms with E-state index in [-0.39, 0.29) is 12.2 Å². The fourth-order valence-corrected chi connectivity index (χ4v) is 3.43. The van der Waals surface area contributed by atoms with Crippen molar-refractivity contribution in [1.29, 1.82) is 0 Å². The van der Waals surface area contributed by atoms with Gasteiger partial charge in [0, 0.05) is 16.8 Å². The summed E-state index contributed by atoms with van der Waals surface area (Å²) in [7, 11) is 0. The van der Waals surface area contributed by atoms with E-state index in [0.717, 1.165) is 4.88 Å².